The number of hydrogen-bond acceptors (Lipinski definition) is 15. The van der Waals surface area contributed by atoms with E-state index in [4.69, 9.17) is 56.2 Å². The first-order valence-corrected chi connectivity index (χ1v) is 26.0. The summed E-state index contributed by atoms with van der Waals surface area (Å²) in [5, 5.41) is 19.8. The fourth-order valence-electron chi connectivity index (χ4n) is 7.83. The van der Waals surface area contributed by atoms with Crippen LogP contribution in [0, 0.1) is 0 Å². The molecule has 18 nitrogen and oxygen atoms in total. The summed E-state index contributed by atoms with van der Waals surface area (Å²) in [5.74, 6) is 4.74. The lowest BCUT2D eigenvalue weighted by Crippen LogP contribution is -2.39. The maximum atomic E-state index is 12.1. The van der Waals surface area contributed by atoms with Crippen LogP contribution < -0.4 is 43.9 Å². The highest BCUT2D eigenvalue weighted by Crippen LogP contribution is 2.39. The molecule has 3 N–H and O–H groups in total. The zero-order valence-corrected chi connectivity index (χ0v) is 46.4. The van der Waals surface area contributed by atoms with Gasteiger partial charge in [-0.15, -0.1) is 11.6 Å². The van der Waals surface area contributed by atoms with Crippen molar-refractivity contribution < 1.29 is 77.7 Å². The van der Waals surface area contributed by atoms with Gasteiger partial charge in [0.05, 0.1) is 51.9 Å². The van der Waals surface area contributed by atoms with Crippen molar-refractivity contribution in [2.75, 3.05) is 42.1 Å². The molecule has 0 radical (unpaired) electrons. The Hall–Kier alpha value is -6.72. The van der Waals surface area contributed by atoms with Gasteiger partial charge >= 0.3 is 7.12 Å². The number of piperidine rings is 3. The third kappa shape index (κ3) is 18.5. The molecular formula is C55H62BBr2ClFN3O15. The minimum Gasteiger partial charge on any atom is -0.496 e. The van der Waals surface area contributed by atoms with Crippen molar-refractivity contribution in [3.8, 4) is 51.4 Å². The topological polar surface area (TPSA) is 226 Å². The number of halogens is 4. The Labute approximate surface area is 476 Å². The number of fused-ring (bicyclic) bond motifs is 2. The number of rotatable bonds is 10. The van der Waals surface area contributed by atoms with Crippen molar-refractivity contribution in [3.05, 3.63) is 117 Å². The molecule has 0 atom stereocenters. The van der Waals surface area contributed by atoms with Gasteiger partial charge in [-0.3, -0.25) is 48.3 Å². The van der Waals surface area contributed by atoms with Gasteiger partial charge in [0, 0.05) is 50.0 Å². The number of methoxy groups -OCH3 is 3. The van der Waals surface area contributed by atoms with Crippen LogP contribution in [-0.4, -0.2) is 104 Å². The maximum absolute atomic E-state index is 12.1. The molecule has 0 unspecified atom stereocenters. The van der Waals surface area contributed by atoms with Crippen LogP contribution in [0.15, 0.2) is 99.9 Å². The summed E-state index contributed by atoms with van der Waals surface area (Å²) >= 11 is 12.4. The summed E-state index contributed by atoms with van der Waals surface area (Å²) in [6.45, 7) is 1.02. The summed E-state index contributed by atoms with van der Waals surface area (Å²) in [6, 6.07) is 27.5. The second-order valence-electron chi connectivity index (χ2n) is 16.9. The summed E-state index contributed by atoms with van der Waals surface area (Å²) in [4.78, 5) is 70.9. The molecule has 5 aliphatic rings. The van der Waals surface area contributed by atoms with Crippen molar-refractivity contribution in [1.29, 1.82) is 0 Å². The van der Waals surface area contributed by atoms with Gasteiger partial charge in [-0.05, 0) is 140 Å². The smallest absolute Gasteiger partial charge is 0.488 e. The number of carbonyl (C=O) groups is 6. The molecule has 418 valence electrons. The van der Waals surface area contributed by atoms with Gasteiger partial charge in [-0.1, -0.05) is 37.8 Å². The van der Waals surface area contributed by atoms with Crippen molar-refractivity contribution >= 4 is 91.5 Å². The van der Waals surface area contributed by atoms with Crippen LogP contribution in [0.3, 0.4) is 0 Å². The van der Waals surface area contributed by atoms with Gasteiger partial charge in [0.2, 0.25) is 49.0 Å². The number of nitrogens with zero attached hydrogens (tertiary/aromatic N) is 2. The largest absolute Gasteiger partial charge is 0.496 e. The summed E-state index contributed by atoms with van der Waals surface area (Å²) < 4.78 is 53.8. The highest BCUT2D eigenvalue weighted by atomic mass is 79.9. The standard InChI is InChI=1S/C20H19NO5.C13H14BrNO3.C8H8BrClO.C7H7BO4.C5H7NO2.CH3F.CH4/c1-24-16-7-5-13(11-21-19(22)3-2-4-20(21)23)9-15(16)14-6-8-17-18(10-14)26-12-25-17;1-18-11-6-5-9(7-10(11)14)8-15-12(16)3-2-4-13(15)17;1-11-8-3-2-6(5-10)4-7(8)9;9-8(10)5-1-2-6-7(3-5)12-4-11-6;7-4-2-1-3-5(8)6-4;1-2;/h5-10H,2-4,11-12H2,1H3;5-7H,2-4,8H2,1H3;2-4H,5H2,1H3;1-3,9-10H,4H2;1-3H2,(H,6,7,8);1H3;1H4/i;;;;;1D;. The molecule has 3 saturated heterocycles. The summed E-state index contributed by atoms with van der Waals surface area (Å²) in [7, 11) is 2.39. The van der Waals surface area contributed by atoms with E-state index in [9.17, 15) is 33.2 Å². The molecule has 10 rings (SSSR count). The Morgan fingerprint density at radius 3 is 1.44 bits per heavy atom. The van der Waals surface area contributed by atoms with Crippen molar-refractivity contribution in [2.45, 2.75) is 84.2 Å². The molecule has 6 amide bonds. The average molecular weight is 1230 g/mol. The number of likely N-dealkylation sites (tertiary alicyclic amines) is 2. The molecule has 0 bridgehead atoms. The van der Waals surface area contributed by atoms with Crippen molar-refractivity contribution in [3.63, 3.8) is 0 Å². The Bertz CT molecular complexity index is 2860. The van der Waals surface area contributed by atoms with Crippen LogP contribution >= 0.6 is 43.5 Å². The first-order valence-electron chi connectivity index (χ1n) is 24.6. The van der Waals surface area contributed by atoms with Crippen LogP contribution in [0.5, 0.6) is 40.2 Å². The Morgan fingerprint density at radius 2 is 1.00 bits per heavy atom. The number of alkyl halides is 2. The number of imide groups is 3. The quantitative estimate of drug-likeness (QED) is 0.0674. The molecular weight excluding hydrogens is 1170 g/mol. The molecule has 5 heterocycles. The second-order valence-corrected chi connectivity index (χ2v) is 18.9. The summed E-state index contributed by atoms with van der Waals surface area (Å²) in [6.07, 6.45) is 4.81. The Morgan fingerprint density at radius 1 is 0.590 bits per heavy atom. The van der Waals surface area contributed by atoms with Gasteiger partial charge in [0.1, 0.15) is 17.2 Å². The fraction of sp³-hybridized carbons (Fsp3) is 0.345. The minimum absolute atomic E-state index is 0. The van der Waals surface area contributed by atoms with Crippen LogP contribution in [0.1, 0.15) is 83.3 Å². The lowest BCUT2D eigenvalue weighted by atomic mass is 9.80. The molecule has 5 aromatic carbocycles. The van der Waals surface area contributed by atoms with Gasteiger partial charge < -0.3 is 43.2 Å². The number of benzene rings is 5. The van der Waals surface area contributed by atoms with Gasteiger partial charge in [-0.25, -0.2) is 0 Å². The maximum Gasteiger partial charge on any atom is 0.488 e. The van der Waals surface area contributed by atoms with E-state index < -0.39 is 14.3 Å². The van der Waals surface area contributed by atoms with Gasteiger partial charge in [0.15, 0.2) is 23.0 Å². The molecule has 3 fully saturated rings. The number of carbonyl (C=O) groups excluding carboxylic acids is 6. The fourth-order valence-corrected chi connectivity index (χ4v) is 9.17. The van der Waals surface area contributed by atoms with Crippen LogP contribution in [0.4, 0.5) is 4.39 Å². The number of hydrogen-bond donors (Lipinski definition) is 3. The van der Waals surface area contributed by atoms with E-state index >= 15 is 0 Å². The third-order valence-electron chi connectivity index (χ3n) is 11.8. The molecule has 0 saturated carbocycles. The van der Waals surface area contributed by atoms with E-state index in [0.29, 0.717) is 104 Å². The van der Waals surface area contributed by atoms with Crippen LogP contribution in [0.2, 0.25) is 0 Å². The molecule has 23 heteroatoms. The zero-order chi connectivity index (χ0) is 56.7. The minimum atomic E-state index is -1.46. The predicted molar refractivity (Wildman–Crippen MR) is 297 cm³/mol. The summed E-state index contributed by atoms with van der Waals surface area (Å²) in [5.41, 5.74) is 5.07. The van der Waals surface area contributed by atoms with E-state index in [1.807, 2.05) is 72.8 Å². The van der Waals surface area contributed by atoms with E-state index in [-0.39, 0.29) is 63.0 Å². The third-order valence-corrected chi connectivity index (χ3v) is 13.3. The second kappa shape index (κ2) is 32.2. The number of nitrogens with one attached hydrogen (secondary N) is 1. The van der Waals surface area contributed by atoms with Crippen molar-refractivity contribution in [2.24, 2.45) is 0 Å². The molecule has 0 aliphatic carbocycles. The normalized spacial score (nSPS) is 14.8. The van der Waals surface area contributed by atoms with E-state index in [0.717, 1.165) is 48.3 Å². The first-order chi connectivity index (χ1) is 37.5. The highest BCUT2D eigenvalue weighted by molar-refractivity contribution is 9.11. The first kappa shape index (κ1) is 62.1. The predicted octanol–water partition coefficient (Wildman–Crippen LogP) is 8.95. The molecule has 5 aliphatic heterocycles. The van der Waals surface area contributed by atoms with E-state index in [1.54, 1.807) is 39.5 Å². The SMILES string of the molecule is C.COc1ccc(CCl)cc1Br.COc1ccc(CN2C(=O)CCCC2=O)cc1-c1ccc2c(c1)OCO2.COc1ccc(CN2C(=O)CCCC2=O)cc1Br.O=C1CCCC(=O)N1.OB(O)c1ccc2c(c1)OCO2.[2H]CF. The molecule has 78 heavy (non-hydrogen) atoms. The molecule has 5 aromatic rings. The van der Waals surface area contributed by atoms with Gasteiger partial charge in [0.25, 0.3) is 0 Å². The van der Waals surface area contributed by atoms with E-state index in [1.165, 1.54) is 9.80 Å². The lowest BCUT2D eigenvalue weighted by Gasteiger charge is -2.25. The van der Waals surface area contributed by atoms with Crippen LogP contribution in [0.25, 0.3) is 11.1 Å². The number of amides is 6. The lowest BCUT2D eigenvalue weighted by molar-refractivity contribution is -0.150. The Kier molecular flexibility index (Phi) is 25.7. The average Bonchev–Trinajstić information content (AvgIpc) is 4.15. The van der Waals surface area contributed by atoms with Crippen LogP contribution in [-0.2, 0) is 47.7 Å². The molecule has 0 aromatic heterocycles. The van der Waals surface area contributed by atoms with Crippen molar-refractivity contribution in [1.82, 2.24) is 15.1 Å². The molecule has 0 spiro atoms. The zero-order valence-electron chi connectivity index (χ0n) is 43.5. The van der Waals surface area contributed by atoms with Gasteiger partial charge in [-0.2, -0.15) is 0 Å². The van der Waals surface area contributed by atoms with E-state index in [2.05, 4.69) is 37.2 Å². The number of ether oxygens (including phenoxy) is 7. The Balaban J connectivity index is 0.000000222. The highest BCUT2D eigenvalue weighted by Gasteiger charge is 2.28. The monoisotopic (exact) mass is 1230 g/mol.